The Labute approximate surface area is 216 Å². The number of aromatic hydroxyl groups is 1. The highest BCUT2D eigenvalue weighted by Crippen LogP contribution is 2.52. The minimum atomic E-state index is -0.487. The summed E-state index contributed by atoms with van der Waals surface area (Å²) >= 11 is 6.81. The van der Waals surface area contributed by atoms with Crippen LogP contribution in [0.1, 0.15) is 55.1 Å². The van der Waals surface area contributed by atoms with Crippen LogP contribution in [-0.2, 0) is 4.79 Å². The third-order valence-electron chi connectivity index (χ3n) is 6.76. The normalized spacial score (nSPS) is 18.8. The number of benzene rings is 3. The molecular weight excluding hydrogens is 560 g/mol. The van der Waals surface area contributed by atoms with Gasteiger partial charge in [-0.3, -0.25) is 9.59 Å². The smallest absolute Gasteiger partial charge is 0.255 e. The van der Waals surface area contributed by atoms with E-state index >= 15 is 0 Å². The molecule has 2 unspecified atom stereocenters. The Morgan fingerprint density at radius 3 is 2.21 bits per heavy atom. The summed E-state index contributed by atoms with van der Waals surface area (Å²) in [5.74, 6) is -0.496. The fraction of sp³-hybridized carbons (Fsp3) is 0.259. The van der Waals surface area contributed by atoms with Crippen LogP contribution in [0.3, 0.4) is 0 Å². The zero-order valence-electron chi connectivity index (χ0n) is 19.4. The molecule has 3 aromatic rings. The maximum absolute atomic E-state index is 13.0. The number of hydrogen-bond acceptors (Lipinski definition) is 3. The van der Waals surface area contributed by atoms with E-state index in [0.717, 1.165) is 20.1 Å². The molecular formula is C27H26Br2N2O3. The predicted octanol–water partition coefficient (Wildman–Crippen LogP) is 7.08. The molecule has 7 heteroatoms. The molecule has 0 spiro atoms. The number of rotatable bonds is 3. The van der Waals surface area contributed by atoms with Crippen molar-refractivity contribution in [2.24, 2.45) is 5.92 Å². The van der Waals surface area contributed by atoms with Gasteiger partial charge in [-0.1, -0.05) is 69.1 Å². The molecule has 0 fully saturated rings. The molecule has 3 aromatic carbocycles. The Bertz CT molecular complexity index is 1250. The van der Waals surface area contributed by atoms with Gasteiger partial charge in [-0.15, -0.1) is 0 Å². The van der Waals surface area contributed by atoms with E-state index in [2.05, 4.69) is 70.1 Å². The van der Waals surface area contributed by atoms with Gasteiger partial charge in [0.15, 0.2) is 0 Å². The largest absolute Gasteiger partial charge is 0.506 e. The lowest BCUT2D eigenvalue weighted by molar-refractivity contribution is -0.118. The Morgan fingerprint density at radius 2 is 1.62 bits per heavy atom. The topological polar surface area (TPSA) is 69.6 Å². The SMILES string of the molecule is CC(=O)N1c2cc(O)c(NC(=O)c3cc(Br)cc(Br)c3)cc2C(c2ccccc2)C(C)C1(C)C. The molecule has 176 valence electrons. The molecule has 1 aliphatic rings. The second-order valence-electron chi connectivity index (χ2n) is 9.23. The fourth-order valence-electron chi connectivity index (χ4n) is 4.91. The van der Waals surface area contributed by atoms with Gasteiger partial charge in [0.1, 0.15) is 5.75 Å². The minimum absolute atomic E-state index is 0.0296. The lowest BCUT2D eigenvalue weighted by Gasteiger charge is -2.51. The van der Waals surface area contributed by atoms with E-state index in [9.17, 15) is 14.7 Å². The summed E-state index contributed by atoms with van der Waals surface area (Å²) < 4.78 is 1.53. The lowest BCUT2D eigenvalue weighted by Crippen LogP contribution is -2.56. The summed E-state index contributed by atoms with van der Waals surface area (Å²) in [5.41, 5.74) is 2.92. The summed E-state index contributed by atoms with van der Waals surface area (Å²) in [6.45, 7) is 7.78. The third kappa shape index (κ3) is 4.39. The number of halogens is 2. The first kappa shape index (κ1) is 24.5. The van der Waals surface area contributed by atoms with Crippen molar-refractivity contribution in [2.45, 2.75) is 39.2 Å². The van der Waals surface area contributed by atoms with Gasteiger partial charge >= 0.3 is 0 Å². The number of carbonyl (C=O) groups excluding carboxylic acids is 2. The first-order valence-corrected chi connectivity index (χ1v) is 12.6. The van der Waals surface area contributed by atoms with E-state index in [1.165, 1.54) is 0 Å². The maximum atomic E-state index is 13.0. The second-order valence-corrected chi connectivity index (χ2v) is 11.1. The van der Waals surface area contributed by atoms with E-state index in [1.807, 2.05) is 24.3 Å². The average Bonchev–Trinajstić information content (AvgIpc) is 2.75. The van der Waals surface area contributed by atoms with E-state index < -0.39 is 5.54 Å². The van der Waals surface area contributed by atoms with E-state index in [1.54, 1.807) is 36.1 Å². The molecule has 2 amide bonds. The molecule has 0 bridgehead atoms. The molecule has 0 saturated heterocycles. The van der Waals surface area contributed by atoms with Gasteiger partial charge in [0.2, 0.25) is 5.91 Å². The number of fused-ring (bicyclic) bond motifs is 1. The Morgan fingerprint density at radius 1 is 1.00 bits per heavy atom. The average molecular weight is 586 g/mol. The van der Waals surface area contributed by atoms with Crippen LogP contribution in [0.2, 0.25) is 0 Å². The fourth-order valence-corrected chi connectivity index (χ4v) is 6.21. The monoisotopic (exact) mass is 584 g/mol. The Balaban J connectivity index is 1.85. The highest BCUT2D eigenvalue weighted by atomic mass is 79.9. The zero-order chi connectivity index (χ0) is 24.8. The molecule has 0 radical (unpaired) electrons. The summed E-state index contributed by atoms with van der Waals surface area (Å²) in [7, 11) is 0. The Hall–Kier alpha value is -2.64. The second kappa shape index (κ2) is 9.19. The molecule has 34 heavy (non-hydrogen) atoms. The van der Waals surface area contributed by atoms with Crippen molar-refractivity contribution in [3.63, 3.8) is 0 Å². The van der Waals surface area contributed by atoms with Crippen LogP contribution in [0.15, 0.2) is 69.6 Å². The highest BCUT2D eigenvalue weighted by molar-refractivity contribution is 9.11. The third-order valence-corrected chi connectivity index (χ3v) is 7.67. The first-order chi connectivity index (χ1) is 16.0. The number of amides is 2. The summed E-state index contributed by atoms with van der Waals surface area (Å²) in [6, 6.07) is 18.8. The number of carbonyl (C=O) groups is 2. The minimum Gasteiger partial charge on any atom is -0.506 e. The van der Waals surface area contributed by atoms with Crippen molar-refractivity contribution in [1.82, 2.24) is 0 Å². The van der Waals surface area contributed by atoms with E-state index in [-0.39, 0.29) is 29.4 Å². The molecule has 2 N–H and O–H groups in total. The molecule has 5 nitrogen and oxygen atoms in total. The van der Waals surface area contributed by atoms with Crippen molar-refractivity contribution < 1.29 is 14.7 Å². The van der Waals surface area contributed by atoms with Crippen molar-refractivity contribution in [1.29, 1.82) is 0 Å². The molecule has 2 atom stereocenters. The number of nitrogens with one attached hydrogen (secondary N) is 1. The quantitative estimate of drug-likeness (QED) is 0.323. The van der Waals surface area contributed by atoms with Gasteiger partial charge in [-0.05, 0) is 55.2 Å². The predicted molar refractivity (Wildman–Crippen MR) is 143 cm³/mol. The van der Waals surface area contributed by atoms with E-state index in [0.29, 0.717) is 16.9 Å². The van der Waals surface area contributed by atoms with Gasteiger partial charge in [-0.25, -0.2) is 0 Å². The van der Waals surface area contributed by atoms with Crippen molar-refractivity contribution in [3.8, 4) is 5.75 Å². The van der Waals surface area contributed by atoms with E-state index in [4.69, 9.17) is 0 Å². The van der Waals surface area contributed by atoms with Gasteiger partial charge in [0.05, 0.1) is 11.4 Å². The summed E-state index contributed by atoms with van der Waals surface area (Å²) in [6.07, 6.45) is 0. The van der Waals surface area contributed by atoms with Crippen LogP contribution < -0.4 is 10.2 Å². The number of anilines is 2. The van der Waals surface area contributed by atoms with Gasteiger partial charge in [-0.2, -0.15) is 0 Å². The van der Waals surface area contributed by atoms with Crippen molar-refractivity contribution in [2.75, 3.05) is 10.2 Å². The molecule has 0 saturated carbocycles. The van der Waals surface area contributed by atoms with Crippen LogP contribution >= 0.6 is 31.9 Å². The number of hydrogen-bond donors (Lipinski definition) is 2. The Kier molecular flexibility index (Phi) is 6.62. The number of nitrogens with zero attached hydrogens (tertiary/aromatic N) is 1. The molecule has 1 aliphatic heterocycles. The first-order valence-electron chi connectivity index (χ1n) is 11.0. The summed E-state index contributed by atoms with van der Waals surface area (Å²) in [4.78, 5) is 27.5. The van der Waals surface area contributed by atoms with Crippen molar-refractivity contribution >= 4 is 55.0 Å². The van der Waals surface area contributed by atoms with Crippen LogP contribution in [0, 0.1) is 5.92 Å². The number of phenols is 1. The number of phenolic OH excluding ortho intramolecular Hbond substituents is 1. The molecule has 0 aromatic heterocycles. The van der Waals surface area contributed by atoms with Gasteiger partial charge in [0, 0.05) is 39.0 Å². The van der Waals surface area contributed by atoms with Crippen LogP contribution in [0.4, 0.5) is 11.4 Å². The van der Waals surface area contributed by atoms with Crippen LogP contribution in [0.5, 0.6) is 5.75 Å². The standard InChI is InChI=1S/C27H26Br2N2O3/c1-15-25(17-8-6-5-7-9-17)21-13-22(30-26(34)18-10-19(28)12-20(29)11-18)24(33)14-23(21)31(16(2)32)27(15,3)4/h5-15,25,33H,1-4H3,(H,30,34). The lowest BCUT2D eigenvalue weighted by atomic mass is 9.68. The zero-order valence-corrected chi connectivity index (χ0v) is 22.6. The van der Waals surface area contributed by atoms with Gasteiger partial charge in [0.25, 0.3) is 5.91 Å². The van der Waals surface area contributed by atoms with Crippen molar-refractivity contribution in [3.05, 3.63) is 86.3 Å². The van der Waals surface area contributed by atoms with Crippen LogP contribution in [-0.4, -0.2) is 22.5 Å². The molecule has 4 rings (SSSR count). The molecule has 0 aliphatic carbocycles. The molecule has 1 heterocycles. The van der Waals surface area contributed by atoms with Gasteiger partial charge < -0.3 is 15.3 Å². The maximum Gasteiger partial charge on any atom is 0.255 e. The van der Waals surface area contributed by atoms with Crippen LogP contribution in [0.25, 0.3) is 0 Å². The highest BCUT2D eigenvalue weighted by Gasteiger charge is 2.46. The summed E-state index contributed by atoms with van der Waals surface area (Å²) in [5, 5.41) is 13.7.